The molecule has 0 amide bonds. The van der Waals surface area contributed by atoms with Crippen LogP contribution in [0.4, 0.5) is 11.4 Å². The third kappa shape index (κ3) is 2.67. The molecule has 0 aromatic heterocycles. The number of aliphatic hydroxyl groups excluding tert-OH is 1. The highest BCUT2D eigenvalue weighted by atomic mass is 16.5. The van der Waals surface area contributed by atoms with Gasteiger partial charge in [-0.3, -0.25) is 0 Å². The molecular formula is C23H28N2O2. The molecule has 2 aromatic rings. The van der Waals surface area contributed by atoms with Gasteiger partial charge in [0.2, 0.25) is 0 Å². The second-order valence-electron chi connectivity index (χ2n) is 7.84. The lowest BCUT2D eigenvalue weighted by Gasteiger charge is -2.42. The van der Waals surface area contributed by atoms with Crippen LogP contribution < -0.4 is 9.80 Å². The molecule has 0 spiro atoms. The van der Waals surface area contributed by atoms with Crippen molar-refractivity contribution in [2.75, 3.05) is 43.7 Å². The van der Waals surface area contributed by atoms with Crippen LogP contribution in [0.15, 0.2) is 54.6 Å². The Hall–Kier alpha value is -2.30. The number of fused-ring (bicyclic) bond motifs is 3. The fourth-order valence-corrected chi connectivity index (χ4v) is 4.61. The molecule has 2 heterocycles. The molecule has 4 heteroatoms. The van der Waals surface area contributed by atoms with E-state index in [4.69, 9.17) is 4.74 Å². The largest absolute Gasteiger partial charge is 0.396 e. The zero-order valence-electron chi connectivity index (χ0n) is 16.4. The second-order valence-corrected chi connectivity index (χ2v) is 7.84. The monoisotopic (exact) mass is 364 g/mol. The fraction of sp³-hybridized carbons (Fsp3) is 0.391. The summed E-state index contributed by atoms with van der Waals surface area (Å²) in [5.41, 5.74) is 3.95. The minimum Gasteiger partial charge on any atom is -0.396 e. The van der Waals surface area contributed by atoms with Gasteiger partial charge >= 0.3 is 0 Å². The number of hydrogen-bond donors (Lipinski definition) is 1. The number of rotatable bonds is 5. The smallest absolute Gasteiger partial charge is 0.170 e. The molecule has 2 aromatic carbocycles. The Kier molecular flexibility index (Phi) is 4.49. The van der Waals surface area contributed by atoms with Gasteiger partial charge in [0.1, 0.15) is 0 Å². The van der Waals surface area contributed by atoms with Crippen molar-refractivity contribution >= 4 is 17.5 Å². The molecule has 2 unspecified atom stereocenters. The van der Waals surface area contributed by atoms with E-state index in [-0.39, 0.29) is 12.0 Å². The van der Waals surface area contributed by atoms with Crippen LogP contribution in [0, 0.1) is 0 Å². The van der Waals surface area contributed by atoms with E-state index in [2.05, 4.69) is 77.4 Å². The molecule has 0 bridgehead atoms. The highest BCUT2D eigenvalue weighted by Crippen LogP contribution is 2.56. The normalized spacial score (nSPS) is 26.4. The number of aliphatic hydroxyl groups is 1. The third-order valence-corrected chi connectivity index (χ3v) is 6.14. The first-order valence-corrected chi connectivity index (χ1v) is 9.60. The maximum Gasteiger partial charge on any atom is 0.170 e. The lowest BCUT2D eigenvalue weighted by Crippen LogP contribution is -2.53. The predicted octanol–water partition coefficient (Wildman–Crippen LogP) is 3.65. The van der Waals surface area contributed by atoms with Crippen LogP contribution in [-0.2, 0) is 10.2 Å². The van der Waals surface area contributed by atoms with Crippen LogP contribution in [0.3, 0.4) is 0 Å². The summed E-state index contributed by atoms with van der Waals surface area (Å²) in [5, 5.41) is 9.82. The van der Waals surface area contributed by atoms with E-state index in [9.17, 15) is 5.11 Å². The standard InChI is InChI=1S/C23H28N2O2/c1-22(14-16-26)20-6-4-5-7-21(20)25-15-17-27-23(22,25)13-12-18-8-10-19(11-9-18)24(2)3/h4-13,26H,14-17H2,1-3H3. The number of nitrogens with zero attached hydrogens (tertiary/aromatic N) is 2. The Morgan fingerprint density at radius 3 is 2.59 bits per heavy atom. The molecule has 0 radical (unpaired) electrons. The van der Waals surface area contributed by atoms with Gasteiger partial charge in [-0.2, -0.15) is 0 Å². The summed E-state index contributed by atoms with van der Waals surface area (Å²) >= 11 is 0. The van der Waals surface area contributed by atoms with Crippen molar-refractivity contribution < 1.29 is 9.84 Å². The summed E-state index contributed by atoms with van der Waals surface area (Å²) in [4.78, 5) is 4.46. The van der Waals surface area contributed by atoms with Crippen LogP contribution in [0.2, 0.25) is 0 Å². The van der Waals surface area contributed by atoms with Crippen molar-refractivity contribution in [3.05, 3.63) is 65.7 Å². The molecular weight excluding hydrogens is 336 g/mol. The van der Waals surface area contributed by atoms with Crippen LogP contribution in [0.1, 0.15) is 24.5 Å². The maximum atomic E-state index is 9.82. The Balaban J connectivity index is 1.75. The summed E-state index contributed by atoms with van der Waals surface area (Å²) in [6.07, 6.45) is 5.00. The molecule has 2 atom stereocenters. The minimum absolute atomic E-state index is 0.134. The van der Waals surface area contributed by atoms with Crippen LogP contribution in [-0.4, -0.2) is 44.7 Å². The van der Waals surface area contributed by atoms with Gasteiger partial charge in [0, 0.05) is 44.0 Å². The lowest BCUT2D eigenvalue weighted by molar-refractivity contribution is -0.0153. The quantitative estimate of drug-likeness (QED) is 0.878. The highest BCUT2D eigenvalue weighted by Gasteiger charge is 2.60. The minimum atomic E-state index is -0.556. The summed E-state index contributed by atoms with van der Waals surface area (Å²) in [5.74, 6) is 0. The van der Waals surface area contributed by atoms with Crippen LogP contribution in [0.25, 0.3) is 6.08 Å². The molecule has 0 saturated carbocycles. The van der Waals surface area contributed by atoms with Crippen molar-refractivity contribution in [3.63, 3.8) is 0 Å². The Morgan fingerprint density at radius 1 is 1.15 bits per heavy atom. The van der Waals surface area contributed by atoms with Gasteiger partial charge in [-0.1, -0.05) is 43.3 Å². The number of benzene rings is 2. The zero-order valence-corrected chi connectivity index (χ0v) is 16.4. The summed E-state index contributed by atoms with van der Waals surface area (Å²) in [6, 6.07) is 17.0. The average molecular weight is 364 g/mol. The van der Waals surface area contributed by atoms with Gasteiger partial charge in [0.25, 0.3) is 0 Å². The Bertz CT molecular complexity index is 846. The molecule has 2 aliphatic rings. The molecule has 1 saturated heterocycles. The first kappa shape index (κ1) is 18.1. The predicted molar refractivity (Wildman–Crippen MR) is 111 cm³/mol. The molecule has 4 nitrogen and oxygen atoms in total. The van der Waals surface area contributed by atoms with Crippen molar-refractivity contribution in [1.29, 1.82) is 0 Å². The maximum absolute atomic E-state index is 9.82. The van der Waals surface area contributed by atoms with Crippen molar-refractivity contribution in [2.45, 2.75) is 24.5 Å². The third-order valence-electron chi connectivity index (χ3n) is 6.14. The summed E-state index contributed by atoms with van der Waals surface area (Å²) < 4.78 is 6.42. The van der Waals surface area contributed by atoms with Gasteiger partial charge in [0.05, 0.1) is 6.61 Å². The van der Waals surface area contributed by atoms with Crippen LogP contribution >= 0.6 is 0 Å². The fourth-order valence-electron chi connectivity index (χ4n) is 4.61. The average Bonchev–Trinajstić information content (AvgIpc) is 3.19. The van der Waals surface area contributed by atoms with E-state index < -0.39 is 5.72 Å². The molecule has 4 rings (SSSR count). The van der Waals surface area contributed by atoms with E-state index in [0.717, 1.165) is 12.1 Å². The number of para-hydroxylation sites is 1. The number of anilines is 2. The van der Waals surface area contributed by atoms with Gasteiger partial charge in [-0.25, -0.2) is 0 Å². The first-order valence-electron chi connectivity index (χ1n) is 9.60. The number of ether oxygens (including phenoxy) is 1. The van der Waals surface area contributed by atoms with Gasteiger partial charge in [-0.15, -0.1) is 0 Å². The number of hydrogen-bond acceptors (Lipinski definition) is 4. The first-order chi connectivity index (χ1) is 13.0. The topological polar surface area (TPSA) is 35.9 Å². The van der Waals surface area contributed by atoms with E-state index in [1.807, 2.05) is 14.1 Å². The lowest BCUT2D eigenvalue weighted by atomic mass is 9.73. The molecule has 1 N–H and O–H groups in total. The Morgan fingerprint density at radius 2 is 1.89 bits per heavy atom. The molecule has 27 heavy (non-hydrogen) atoms. The van der Waals surface area contributed by atoms with E-state index >= 15 is 0 Å². The zero-order chi connectivity index (χ0) is 19.1. The van der Waals surface area contributed by atoms with Gasteiger partial charge < -0.3 is 19.6 Å². The summed E-state index contributed by atoms with van der Waals surface area (Å²) in [7, 11) is 4.09. The highest BCUT2D eigenvalue weighted by molar-refractivity contribution is 5.70. The van der Waals surface area contributed by atoms with Gasteiger partial charge in [0.15, 0.2) is 5.72 Å². The Labute approximate surface area is 161 Å². The van der Waals surface area contributed by atoms with E-state index in [1.54, 1.807) is 0 Å². The molecule has 1 fully saturated rings. The van der Waals surface area contributed by atoms with Crippen molar-refractivity contribution in [2.24, 2.45) is 0 Å². The van der Waals surface area contributed by atoms with Gasteiger partial charge in [-0.05, 0) is 41.8 Å². The molecule has 2 aliphatic heterocycles. The van der Waals surface area contributed by atoms with E-state index in [0.29, 0.717) is 13.0 Å². The molecule has 142 valence electrons. The van der Waals surface area contributed by atoms with Crippen LogP contribution in [0.5, 0.6) is 0 Å². The van der Waals surface area contributed by atoms with Crippen molar-refractivity contribution in [3.8, 4) is 0 Å². The summed E-state index contributed by atoms with van der Waals surface area (Å²) in [6.45, 7) is 3.91. The second kappa shape index (κ2) is 6.70. The van der Waals surface area contributed by atoms with E-state index in [1.165, 1.54) is 16.9 Å². The van der Waals surface area contributed by atoms with Crippen molar-refractivity contribution in [1.82, 2.24) is 0 Å². The molecule has 0 aliphatic carbocycles. The SMILES string of the molecule is CN(C)c1ccc(C=CC23OCCN2c2ccccc2C3(C)CCO)cc1.